The highest BCUT2D eigenvalue weighted by Gasteiger charge is 2.38. The van der Waals surface area contributed by atoms with Gasteiger partial charge in [-0.25, -0.2) is 4.79 Å². The van der Waals surface area contributed by atoms with E-state index < -0.39 is 12.1 Å². The molecule has 0 unspecified atom stereocenters. The third kappa shape index (κ3) is 5.80. The van der Waals surface area contributed by atoms with Gasteiger partial charge in [0.15, 0.2) is 0 Å². The monoisotopic (exact) mass is 474 g/mol. The largest absolute Gasteiger partial charge is 0.490 e. The first-order valence-corrected chi connectivity index (χ1v) is 10.1. The number of alkyl halides is 3. The molecule has 3 heterocycles. The molecule has 1 aliphatic heterocycles. The lowest BCUT2D eigenvalue weighted by Crippen LogP contribution is -2.31. The van der Waals surface area contributed by atoms with Gasteiger partial charge in [-0.1, -0.05) is 29.4 Å². The Balaban J connectivity index is 0.000000406. The van der Waals surface area contributed by atoms with Gasteiger partial charge in [0.1, 0.15) is 7.11 Å². The fraction of sp³-hybridized carbons (Fsp3) is 0.217. The number of fused-ring (bicyclic) bond motifs is 1. The smallest absolute Gasteiger partial charge is 0.475 e. The summed E-state index contributed by atoms with van der Waals surface area (Å²) >= 11 is 0. The molecular formula is C23H21F3N4O4. The number of benzene rings is 1. The number of aromatic nitrogens is 2. The van der Waals surface area contributed by atoms with Crippen LogP contribution in [0.1, 0.15) is 28.5 Å². The van der Waals surface area contributed by atoms with Crippen molar-refractivity contribution in [1.29, 1.82) is 0 Å². The van der Waals surface area contributed by atoms with Crippen molar-refractivity contribution >= 4 is 17.6 Å². The maximum Gasteiger partial charge on any atom is 0.490 e. The van der Waals surface area contributed by atoms with Crippen molar-refractivity contribution < 1.29 is 32.7 Å². The van der Waals surface area contributed by atoms with Crippen LogP contribution in [0.2, 0.25) is 0 Å². The minimum Gasteiger partial charge on any atom is -0.475 e. The number of aliphatic carboxylic acids is 1. The number of halogens is 3. The van der Waals surface area contributed by atoms with Crippen molar-refractivity contribution in [2.75, 3.05) is 13.7 Å². The zero-order valence-electron chi connectivity index (χ0n) is 18.2. The van der Waals surface area contributed by atoms with E-state index in [0.717, 1.165) is 51.5 Å². The van der Waals surface area contributed by atoms with E-state index in [-0.39, 0.29) is 5.91 Å². The molecular weight excluding hydrogens is 453 g/mol. The average molecular weight is 474 g/mol. The predicted octanol–water partition coefficient (Wildman–Crippen LogP) is 4.03. The van der Waals surface area contributed by atoms with Crippen molar-refractivity contribution in [2.45, 2.75) is 19.5 Å². The lowest BCUT2D eigenvalue weighted by Gasteiger charge is -2.11. The predicted molar refractivity (Wildman–Crippen MR) is 118 cm³/mol. The number of carbonyl (C=O) groups is 2. The molecule has 0 aliphatic carbocycles. The molecule has 3 aromatic rings. The Kier molecular flexibility index (Phi) is 7.34. The van der Waals surface area contributed by atoms with Gasteiger partial charge >= 0.3 is 12.1 Å². The van der Waals surface area contributed by atoms with Crippen LogP contribution < -0.4 is 5.32 Å². The number of nitrogens with zero attached hydrogens (tertiary/aromatic N) is 2. The van der Waals surface area contributed by atoms with E-state index in [4.69, 9.17) is 14.7 Å². The number of nitrogens with one attached hydrogen (secondary N) is 2. The number of carbonyl (C=O) groups excluding carboxylic acids is 1. The molecule has 4 rings (SSSR count). The van der Waals surface area contributed by atoms with Gasteiger partial charge in [0.05, 0.1) is 17.0 Å². The number of hydrogen-bond donors (Lipinski definition) is 3. The second-order valence-corrected chi connectivity index (χ2v) is 7.25. The van der Waals surface area contributed by atoms with Gasteiger partial charge in [-0.2, -0.15) is 13.2 Å². The summed E-state index contributed by atoms with van der Waals surface area (Å²) in [5.74, 6) is -2.77. The molecule has 0 saturated heterocycles. The van der Waals surface area contributed by atoms with E-state index in [0.29, 0.717) is 6.54 Å². The van der Waals surface area contributed by atoms with Gasteiger partial charge < -0.3 is 20.2 Å². The molecule has 0 bridgehead atoms. The number of rotatable bonds is 4. The Morgan fingerprint density at radius 2 is 1.82 bits per heavy atom. The normalized spacial score (nSPS) is 13.3. The van der Waals surface area contributed by atoms with Crippen molar-refractivity contribution in [3.63, 3.8) is 0 Å². The Morgan fingerprint density at radius 3 is 2.41 bits per heavy atom. The standard InChI is InChI=1S/C21H20N4O2.C2HF3O2/c1-13(25-27-2)14-3-5-15(6-4-14)19-11-16(7-9-22-19)20-12-17-18(24-20)8-10-23-21(17)26;3-2(4,5)1(6)7/h3-7,9,11-12,24H,8,10H2,1-2H3,(H,23,26);(H,6,7). The Bertz CT molecular complexity index is 1220. The molecule has 2 aromatic heterocycles. The van der Waals surface area contributed by atoms with Crippen molar-refractivity contribution in [3.05, 3.63) is 65.5 Å². The van der Waals surface area contributed by atoms with Crippen molar-refractivity contribution in [1.82, 2.24) is 15.3 Å². The summed E-state index contributed by atoms with van der Waals surface area (Å²) in [6, 6.07) is 13.9. The minimum atomic E-state index is -5.08. The van der Waals surface area contributed by atoms with Gasteiger partial charge in [0.25, 0.3) is 5.91 Å². The molecule has 0 spiro atoms. The summed E-state index contributed by atoms with van der Waals surface area (Å²) in [7, 11) is 1.54. The Morgan fingerprint density at radius 1 is 1.15 bits per heavy atom. The Hall–Kier alpha value is -4.15. The van der Waals surface area contributed by atoms with E-state index in [1.807, 2.05) is 49.4 Å². The fourth-order valence-corrected chi connectivity index (χ4v) is 3.28. The topological polar surface area (TPSA) is 117 Å². The third-order valence-corrected chi connectivity index (χ3v) is 4.94. The van der Waals surface area contributed by atoms with E-state index in [2.05, 4.69) is 20.4 Å². The highest BCUT2D eigenvalue weighted by Crippen LogP contribution is 2.27. The second kappa shape index (κ2) is 10.2. The minimum absolute atomic E-state index is 0.0169. The number of hydrogen-bond acceptors (Lipinski definition) is 5. The lowest BCUT2D eigenvalue weighted by molar-refractivity contribution is -0.192. The first kappa shape index (κ1) is 24.5. The number of aromatic amines is 1. The van der Waals surface area contributed by atoms with E-state index in [1.54, 1.807) is 6.20 Å². The molecule has 0 atom stereocenters. The van der Waals surface area contributed by atoms with Gasteiger partial charge in [-0.05, 0) is 30.7 Å². The van der Waals surface area contributed by atoms with Crippen LogP contribution in [0.5, 0.6) is 0 Å². The van der Waals surface area contributed by atoms with Crippen LogP contribution >= 0.6 is 0 Å². The van der Waals surface area contributed by atoms with Gasteiger partial charge in [-0.3, -0.25) is 9.78 Å². The molecule has 8 nitrogen and oxygen atoms in total. The van der Waals surface area contributed by atoms with Crippen molar-refractivity contribution in [2.24, 2.45) is 5.16 Å². The molecule has 34 heavy (non-hydrogen) atoms. The van der Waals surface area contributed by atoms with E-state index in [9.17, 15) is 18.0 Å². The van der Waals surface area contributed by atoms with Gasteiger partial charge in [0, 0.05) is 41.7 Å². The van der Waals surface area contributed by atoms with Crippen LogP contribution in [0.3, 0.4) is 0 Å². The molecule has 11 heteroatoms. The summed E-state index contributed by atoms with van der Waals surface area (Å²) in [4.78, 5) is 33.6. The highest BCUT2D eigenvalue weighted by atomic mass is 19.4. The van der Waals surface area contributed by atoms with Crippen LogP contribution in [-0.4, -0.2) is 52.5 Å². The molecule has 0 fully saturated rings. The molecule has 1 aliphatic rings. The maximum atomic E-state index is 12.0. The van der Waals surface area contributed by atoms with Gasteiger partial charge in [0.2, 0.25) is 0 Å². The number of pyridine rings is 1. The highest BCUT2D eigenvalue weighted by molar-refractivity contribution is 5.99. The first-order chi connectivity index (χ1) is 16.1. The number of H-pyrrole nitrogens is 1. The van der Waals surface area contributed by atoms with Crippen LogP contribution in [0, 0.1) is 0 Å². The van der Waals surface area contributed by atoms with Crippen LogP contribution in [-0.2, 0) is 16.1 Å². The van der Waals surface area contributed by atoms with E-state index >= 15 is 0 Å². The number of carboxylic acids is 1. The maximum absolute atomic E-state index is 12.0. The first-order valence-electron chi connectivity index (χ1n) is 10.1. The molecule has 178 valence electrons. The molecule has 0 saturated carbocycles. The summed E-state index contributed by atoms with van der Waals surface area (Å²) in [6.45, 7) is 2.58. The lowest BCUT2D eigenvalue weighted by atomic mass is 10.0. The van der Waals surface area contributed by atoms with Crippen LogP contribution in [0.4, 0.5) is 13.2 Å². The third-order valence-electron chi connectivity index (χ3n) is 4.94. The fourth-order valence-electron chi connectivity index (χ4n) is 3.28. The number of oxime groups is 1. The van der Waals surface area contributed by atoms with Crippen molar-refractivity contribution in [3.8, 4) is 22.5 Å². The zero-order chi connectivity index (χ0) is 24.9. The quantitative estimate of drug-likeness (QED) is 0.390. The number of amides is 1. The second-order valence-electron chi connectivity index (χ2n) is 7.25. The summed E-state index contributed by atoms with van der Waals surface area (Å²) in [6.07, 6.45) is -2.47. The SMILES string of the molecule is CON=C(C)c1ccc(-c2cc(-c3cc4c([nH]3)CCNC4=O)ccn2)cc1.O=C(O)C(F)(F)F. The van der Waals surface area contributed by atoms with Crippen LogP contribution in [0.15, 0.2) is 53.8 Å². The average Bonchev–Trinajstić information content (AvgIpc) is 3.25. The summed E-state index contributed by atoms with van der Waals surface area (Å²) in [5, 5.41) is 14.0. The summed E-state index contributed by atoms with van der Waals surface area (Å²) < 4.78 is 31.7. The van der Waals surface area contributed by atoms with Crippen LogP contribution in [0.25, 0.3) is 22.5 Å². The summed E-state index contributed by atoms with van der Waals surface area (Å²) in [5.41, 5.74) is 7.36. The van der Waals surface area contributed by atoms with E-state index in [1.165, 1.54) is 7.11 Å². The zero-order valence-corrected chi connectivity index (χ0v) is 18.2. The molecule has 3 N–H and O–H groups in total. The van der Waals surface area contributed by atoms with Gasteiger partial charge in [-0.15, -0.1) is 0 Å². The number of carboxylic acid groups (broad SMARTS) is 1. The Labute approximate surface area is 192 Å². The molecule has 0 radical (unpaired) electrons. The molecule has 1 amide bonds. The molecule has 1 aromatic carbocycles.